The molecule has 2 saturated heterocycles. The van der Waals surface area contributed by atoms with Crippen LogP contribution in [0.5, 0.6) is 0 Å². The van der Waals surface area contributed by atoms with Gasteiger partial charge in [0.25, 0.3) is 0 Å². The molecule has 0 N–H and O–H groups in total. The summed E-state index contributed by atoms with van der Waals surface area (Å²) in [6, 6.07) is 0. The van der Waals surface area contributed by atoms with Gasteiger partial charge in [0.15, 0.2) is 14.1 Å². The molecular weight excluding hydrogens is 440 g/mol. The van der Waals surface area contributed by atoms with Gasteiger partial charge < -0.3 is 27.9 Å². The summed E-state index contributed by atoms with van der Waals surface area (Å²) in [5.41, 5.74) is -0.567. The highest BCUT2D eigenvalue weighted by Crippen LogP contribution is 2.46. The van der Waals surface area contributed by atoms with E-state index in [2.05, 4.69) is 38.8 Å². The lowest BCUT2D eigenvalue weighted by Gasteiger charge is -2.44. The van der Waals surface area contributed by atoms with Gasteiger partial charge in [-0.2, -0.15) is 0 Å². The van der Waals surface area contributed by atoms with Gasteiger partial charge >= 0.3 is 5.97 Å². The minimum absolute atomic E-state index is 0.0797. The highest BCUT2D eigenvalue weighted by molar-refractivity contribution is 6.74. The molecule has 0 unspecified atom stereocenters. The lowest BCUT2D eigenvalue weighted by Crippen LogP contribution is -2.54. The summed E-state index contributed by atoms with van der Waals surface area (Å²) >= 11 is 0. The summed E-state index contributed by atoms with van der Waals surface area (Å²) in [5.74, 6) is -1.38. The Kier molecular flexibility index (Phi) is 7.24. The monoisotopic (exact) mass is 482 g/mol. The van der Waals surface area contributed by atoms with E-state index in [9.17, 15) is 4.79 Å². The third kappa shape index (κ3) is 6.25. The van der Waals surface area contributed by atoms with Crippen LogP contribution in [-0.4, -0.2) is 60.1 Å². The van der Waals surface area contributed by atoms with Gasteiger partial charge in [0.2, 0.25) is 0 Å². The summed E-state index contributed by atoms with van der Waals surface area (Å²) in [6.45, 7) is 20.9. The molecule has 0 aromatic carbocycles. The molecule has 8 nitrogen and oxygen atoms in total. The molecule has 33 heavy (non-hydrogen) atoms. The number of carbonyl (C=O) groups is 1. The van der Waals surface area contributed by atoms with Crippen LogP contribution in [0.2, 0.25) is 18.1 Å². The van der Waals surface area contributed by atoms with Crippen molar-refractivity contribution in [3.8, 4) is 0 Å². The number of hydrogen-bond donors (Lipinski definition) is 0. The summed E-state index contributed by atoms with van der Waals surface area (Å²) in [6.07, 6.45) is 3.92. The number of rotatable bonds is 6. The van der Waals surface area contributed by atoms with Crippen LogP contribution in [0.25, 0.3) is 0 Å². The van der Waals surface area contributed by atoms with E-state index in [1.165, 1.54) is 0 Å². The first-order valence-corrected chi connectivity index (χ1v) is 14.7. The van der Waals surface area contributed by atoms with Gasteiger partial charge in [-0.25, -0.2) is 4.98 Å². The average Bonchev–Trinajstić information content (AvgIpc) is 3.25. The van der Waals surface area contributed by atoms with Crippen LogP contribution < -0.4 is 0 Å². The number of imidazole rings is 1. The Bertz CT molecular complexity index is 812. The predicted octanol–water partition coefficient (Wildman–Crippen LogP) is 4.67. The Balaban J connectivity index is 1.88. The first kappa shape index (κ1) is 26.3. The summed E-state index contributed by atoms with van der Waals surface area (Å²) in [7, 11) is -2.00. The number of hydrogen-bond acceptors (Lipinski definition) is 7. The van der Waals surface area contributed by atoms with Crippen molar-refractivity contribution >= 4 is 14.3 Å². The normalized spacial score (nSPS) is 30.2. The van der Waals surface area contributed by atoms with Gasteiger partial charge in [0.1, 0.15) is 24.0 Å². The number of nitrogens with zero attached hydrogens (tertiary/aromatic N) is 2. The molecule has 0 saturated carbocycles. The first-order valence-electron chi connectivity index (χ1n) is 11.8. The van der Waals surface area contributed by atoms with E-state index in [-0.39, 0.29) is 41.7 Å². The molecule has 3 heterocycles. The number of fused-ring (bicyclic) bond motifs is 1. The zero-order chi connectivity index (χ0) is 24.8. The molecule has 5 atom stereocenters. The van der Waals surface area contributed by atoms with Crippen molar-refractivity contribution in [2.24, 2.45) is 5.92 Å². The van der Waals surface area contributed by atoms with Gasteiger partial charge in [-0.3, -0.25) is 4.79 Å². The van der Waals surface area contributed by atoms with Crippen LogP contribution in [0.1, 0.15) is 68.0 Å². The second-order valence-electron chi connectivity index (χ2n) is 12.2. The van der Waals surface area contributed by atoms with E-state index in [4.69, 9.17) is 23.4 Å². The Morgan fingerprint density at radius 3 is 2.30 bits per heavy atom. The standard InChI is InChI=1S/C24H42N2O6Si/c1-22(2,3)30-18(27)13-16-19-20(32-24(7,8)31-19)17(14-28-33(9,10)23(4,5)6)29-21(16)26-12-11-25-15-26/h11-12,15-17,19-21H,13-14H2,1-10H3/t16-,17+,19-,20+,21+/m0/s1. The fourth-order valence-electron chi connectivity index (χ4n) is 4.10. The zero-order valence-electron chi connectivity index (χ0n) is 21.9. The van der Waals surface area contributed by atoms with Crippen molar-refractivity contribution in [1.29, 1.82) is 0 Å². The van der Waals surface area contributed by atoms with Crippen molar-refractivity contribution in [2.45, 2.75) is 116 Å². The molecule has 188 valence electrons. The van der Waals surface area contributed by atoms with Crippen molar-refractivity contribution in [3.63, 3.8) is 0 Å². The topological polar surface area (TPSA) is 81.0 Å². The lowest BCUT2D eigenvalue weighted by atomic mass is 9.87. The van der Waals surface area contributed by atoms with Gasteiger partial charge in [0, 0.05) is 18.3 Å². The second kappa shape index (κ2) is 9.07. The van der Waals surface area contributed by atoms with E-state index in [1.54, 1.807) is 12.5 Å². The third-order valence-electron chi connectivity index (χ3n) is 6.69. The molecule has 0 amide bonds. The largest absolute Gasteiger partial charge is 0.460 e. The van der Waals surface area contributed by atoms with Gasteiger partial charge in [-0.1, -0.05) is 20.8 Å². The molecule has 2 fully saturated rings. The molecule has 0 spiro atoms. The number of esters is 1. The Hall–Kier alpha value is -1.26. The molecule has 1 aromatic heterocycles. The molecule has 0 bridgehead atoms. The van der Waals surface area contributed by atoms with Crippen molar-refractivity contribution < 1.29 is 28.2 Å². The molecule has 3 rings (SSSR count). The van der Waals surface area contributed by atoms with Crippen LogP contribution in [0.3, 0.4) is 0 Å². The second-order valence-corrected chi connectivity index (χ2v) is 17.0. The van der Waals surface area contributed by atoms with E-state index < -0.39 is 25.9 Å². The average molecular weight is 483 g/mol. The molecule has 2 aliphatic heterocycles. The molecule has 0 radical (unpaired) electrons. The number of carbonyl (C=O) groups excluding carboxylic acids is 1. The van der Waals surface area contributed by atoms with Crippen LogP contribution in [0.4, 0.5) is 0 Å². The minimum Gasteiger partial charge on any atom is -0.460 e. The highest BCUT2D eigenvalue weighted by Gasteiger charge is 2.56. The number of ether oxygens (including phenoxy) is 4. The molecule has 1 aromatic rings. The van der Waals surface area contributed by atoms with E-state index >= 15 is 0 Å². The maximum absolute atomic E-state index is 12.8. The highest BCUT2D eigenvalue weighted by atomic mass is 28.4. The Morgan fingerprint density at radius 2 is 1.76 bits per heavy atom. The SMILES string of the molecule is CC(C)(C)OC(=O)C[C@H]1[C@@H]2OC(C)(C)O[C@@H]2[C@@H](CO[Si](C)(C)C(C)(C)C)O[C@H]1n1ccnc1. The molecule has 0 aliphatic carbocycles. The van der Waals surface area contributed by atoms with Crippen LogP contribution in [-0.2, 0) is 28.2 Å². The molecule has 9 heteroatoms. The smallest absolute Gasteiger partial charge is 0.306 e. The predicted molar refractivity (Wildman–Crippen MR) is 127 cm³/mol. The third-order valence-corrected chi connectivity index (χ3v) is 11.2. The quantitative estimate of drug-likeness (QED) is 0.430. The summed E-state index contributed by atoms with van der Waals surface area (Å²) in [5, 5.41) is 0.0797. The van der Waals surface area contributed by atoms with Crippen LogP contribution in [0, 0.1) is 5.92 Å². The van der Waals surface area contributed by atoms with Crippen molar-refractivity contribution in [2.75, 3.05) is 6.61 Å². The maximum atomic E-state index is 12.8. The van der Waals surface area contributed by atoms with Gasteiger partial charge in [-0.05, 0) is 52.8 Å². The van der Waals surface area contributed by atoms with Crippen LogP contribution >= 0.6 is 0 Å². The van der Waals surface area contributed by atoms with E-state index in [0.717, 1.165) is 0 Å². The fraction of sp³-hybridized carbons (Fsp3) is 0.833. The lowest BCUT2D eigenvalue weighted by molar-refractivity contribution is -0.205. The summed E-state index contributed by atoms with van der Waals surface area (Å²) < 4.78 is 33.3. The molecule has 2 aliphatic rings. The van der Waals surface area contributed by atoms with E-state index in [0.29, 0.717) is 6.61 Å². The maximum Gasteiger partial charge on any atom is 0.306 e. The molecular formula is C24H42N2O6Si. The first-order chi connectivity index (χ1) is 15.0. The number of aromatic nitrogens is 2. The van der Waals surface area contributed by atoms with E-state index in [1.807, 2.05) is 45.4 Å². The Labute approximate surface area is 199 Å². The van der Waals surface area contributed by atoms with Crippen molar-refractivity contribution in [3.05, 3.63) is 18.7 Å². The van der Waals surface area contributed by atoms with Crippen molar-refractivity contribution in [1.82, 2.24) is 9.55 Å². The fourth-order valence-corrected chi connectivity index (χ4v) is 5.11. The van der Waals surface area contributed by atoms with Crippen LogP contribution in [0.15, 0.2) is 18.7 Å². The van der Waals surface area contributed by atoms with Gasteiger partial charge in [-0.15, -0.1) is 0 Å². The Morgan fingerprint density at radius 1 is 1.12 bits per heavy atom. The minimum atomic E-state index is -2.00. The zero-order valence-corrected chi connectivity index (χ0v) is 22.9. The summed E-state index contributed by atoms with van der Waals surface area (Å²) in [4.78, 5) is 17.0. The van der Waals surface area contributed by atoms with Gasteiger partial charge in [0.05, 0.1) is 25.5 Å².